The van der Waals surface area contributed by atoms with Crippen LogP contribution in [0.25, 0.3) is 0 Å². The molecule has 1 aromatic heterocycles. The third-order valence-corrected chi connectivity index (χ3v) is 4.67. The van der Waals surface area contributed by atoms with Crippen LogP contribution in [0.15, 0.2) is 52.7 Å². The molecule has 2 aromatic rings. The van der Waals surface area contributed by atoms with Crippen LogP contribution in [0.3, 0.4) is 0 Å². The second-order valence-electron chi connectivity index (χ2n) is 5.34. The molecular formula is C18H21N3O2S. The minimum atomic E-state index is 0.742. The van der Waals surface area contributed by atoms with Crippen LogP contribution in [0, 0.1) is 0 Å². The van der Waals surface area contributed by atoms with Crippen molar-refractivity contribution >= 4 is 18.0 Å². The summed E-state index contributed by atoms with van der Waals surface area (Å²) in [6.45, 7) is 3.17. The first-order chi connectivity index (χ1) is 11.8. The van der Waals surface area contributed by atoms with Gasteiger partial charge in [0.1, 0.15) is 5.75 Å². The molecule has 0 radical (unpaired) electrons. The maximum absolute atomic E-state index is 5.48. The first-order valence-corrected chi connectivity index (χ1v) is 8.91. The normalized spacial score (nSPS) is 15.0. The molecule has 1 aromatic carbocycles. The maximum Gasteiger partial charge on any atom is 0.122 e. The van der Waals surface area contributed by atoms with E-state index in [1.54, 1.807) is 18.9 Å². The van der Waals surface area contributed by atoms with Gasteiger partial charge in [-0.25, -0.2) is 4.98 Å². The van der Waals surface area contributed by atoms with Crippen molar-refractivity contribution in [2.24, 2.45) is 5.10 Å². The van der Waals surface area contributed by atoms with Gasteiger partial charge in [0.25, 0.3) is 0 Å². The van der Waals surface area contributed by atoms with Crippen molar-refractivity contribution in [3.63, 3.8) is 0 Å². The molecule has 3 rings (SSSR count). The quantitative estimate of drug-likeness (QED) is 0.596. The predicted octanol–water partition coefficient (Wildman–Crippen LogP) is 3.05. The molecule has 126 valence electrons. The number of rotatable bonds is 6. The Hall–Kier alpha value is -2.05. The number of ether oxygens (including phenoxy) is 2. The molecule has 24 heavy (non-hydrogen) atoms. The Morgan fingerprint density at radius 3 is 2.92 bits per heavy atom. The van der Waals surface area contributed by atoms with Crippen LogP contribution >= 0.6 is 11.8 Å². The van der Waals surface area contributed by atoms with Gasteiger partial charge >= 0.3 is 0 Å². The summed E-state index contributed by atoms with van der Waals surface area (Å²) in [5.74, 6) is 1.70. The maximum atomic E-state index is 5.48. The number of hydrazone groups is 1. The Labute approximate surface area is 146 Å². The summed E-state index contributed by atoms with van der Waals surface area (Å²) in [5.41, 5.74) is 2.21. The van der Waals surface area contributed by atoms with Crippen LogP contribution in [0.4, 0.5) is 0 Å². The molecule has 0 N–H and O–H groups in total. The van der Waals surface area contributed by atoms with E-state index in [0.29, 0.717) is 0 Å². The monoisotopic (exact) mass is 343 g/mol. The highest BCUT2D eigenvalue weighted by atomic mass is 32.2. The van der Waals surface area contributed by atoms with Gasteiger partial charge in [0.05, 0.1) is 44.7 Å². The lowest BCUT2D eigenvalue weighted by atomic mass is 10.1. The van der Waals surface area contributed by atoms with Crippen molar-refractivity contribution in [3.8, 4) is 5.75 Å². The fourth-order valence-corrected chi connectivity index (χ4v) is 3.23. The smallest absolute Gasteiger partial charge is 0.122 e. The van der Waals surface area contributed by atoms with Crippen LogP contribution in [0.2, 0.25) is 0 Å². The van der Waals surface area contributed by atoms with Crippen LogP contribution in [-0.4, -0.2) is 49.6 Å². The highest BCUT2D eigenvalue weighted by molar-refractivity contribution is 7.98. The number of methoxy groups -OCH3 is 1. The van der Waals surface area contributed by atoms with Gasteiger partial charge in [-0.1, -0.05) is 6.07 Å². The van der Waals surface area contributed by atoms with E-state index < -0.39 is 0 Å². The van der Waals surface area contributed by atoms with Crippen LogP contribution in [-0.2, 0) is 10.5 Å². The molecule has 2 heterocycles. The first-order valence-electron chi connectivity index (χ1n) is 7.92. The lowest BCUT2D eigenvalue weighted by molar-refractivity contribution is 0.0397. The highest BCUT2D eigenvalue weighted by Crippen LogP contribution is 2.27. The van der Waals surface area contributed by atoms with E-state index in [2.05, 4.69) is 16.2 Å². The lowest BCUT2D eigenvalue weighted by Gasteiger charge is -2.23. The van der Waals surface area contributed by atoms with Crippen LogP contribution in [0.5, 0.6) is 5.75 Å². The molecule has 6 heteroatoms. The molecule has 0 saturated carbocycles. The standard InChI is InChI=1S/C18H21N3O2S/c1-22-17-6-5-15(13-20-21-8-10-23-11-9-21)12-16(17)14-24-18-4-2-3-7-19-18/h2-7,12-13H,8-11,14H2,1H3. The number of morpholine rings is 1. The van der Waals surface area contributed by atoms with Gasteiger partial charge in [0.2, 0.25) is 0 Å². The fraction of sp³-hybridized carbons (Fsp3) is 0.333. The van der Waals surface area contributed by atoms with E-state index in [-0.39, 0.29) is 0 Å². The van der Waals surface area contributed by atoms with E-state index in [1.807, 2.05) is 47.8 Å². The Morgan fingerprint density at radius 2 is 2.17 bits per heavy atom. The van der Waals surface area contributed by atoms with E-state index in [4.69, 9.17) is 9.47 Å². The van der Waals surface area contributed by atoms with E-state index in [0.717, 1.165) is 54.0 Å². The number of hydrogen-bond acceptors (Lipinski definition) is 6. The van der Waals surface area contributed by atoms with Crippen molar-refractivity contribution in [3.05, 3.63) is 53.7 Å². The van der Waals surface area contributed by atoms with Crippen molar-refractivity contribution in [1.29, 1.82) is 0 Å². The van der Waals surface area contributed by atoms with Crippen molar-refractivity contribution < 1.29 is 9.47 Å². The number of pyridine rings is 1. The lowest BCUT2D eigenvalue weighted by Crippen LogP contribution is -2.32. The molecule has 1 fully saturated rings. The summed E-state index contributed by atoms with van der Waals surface area (Å²) in [6, 6.07) is 12.1. The number of hydrogen-bond donors (Lipinski definition) is 0. The highest BCUT2D eigenvalue weighted by Gasteiger charge is 2.08. The Bertz CT molecular complexity index is 673. The number of aromatic nitrogens is 1. The second-order valence-corrected chi connectivity index (χ2v) is 6.33. The van der Waals surface area contributed by atoms with Gasteiger partial charge in [0.15, 0.2) is 0 Å². The third-order valence-electron chi connectivity index (χ3n) is 3.68. The molecule has 1 aliphatic rings. The summed E-state index contributed by atoms with van der Waals surface area (Å²) in [5, 5.41) is 7.58. The zero-order chi connectivity index (χ0) is 16.6. The van der Waals surface area contributed by atoms with Gasteiger partial charge in [-0.3, -0.25) is 5.01 Å². The zero-order valence-corrected chi connectivity index (χ0v) is 14.5. The molecule has 1 aliphatic heterocycles. The largest absolute Gasteiger partial charge is 0.496 e. The summed E-state index contributed by atoms with van der Waals surface area (Å²) in [4.78, 5) is 4.35. The topological polar surface area (TPSA) is 47.0 Å². The molecule has 5 nitrogen and oxygen atoms in total. The van der Waals surface area contributed by atoms with Crippen molar-refractivity contribution in [1.82, 2.24) is 9.99 Å². The average Bonchev–Trinajstić information content (AvgIpc) is 2.66. The Balaban J connectivity index is 1.69. The van der Waals surface area contributed by atoms with E-state index >= 15 is 0 Å². The van der Waals surface area contributed by atoms with Gasteiger partial charge in [-0.05, 0) is 35.9 Å². The van der Waals surface area contributed by atoms with E-state index in [9.17, 15) is 0 Å². The summed E-state index contributed by atoms with van der Waals surface area (Å²) in [7, 11) is 1.70. The fourth-order valence-electron chi connectivity index (χ4n) is 2.39. The third kappa shape index (κ3) is 4.72. The molecule has 0 spiro atoms. The Kier molecular flexibility index (Phi) is 6.09. The van der Waals surface area contributed by atoms with Gasteiger partial charge in [0, 0.05) is 17.5 Å². The predicted molar refractivity (Wildman–Crippen MR) is 96.8 cm³/mol. The molecular weight excluding hydrogens is 322 g/mol. The average molecular weight is 343 g/mol. The molecule has 0 atom stereocenters. The minimum absolute atomic E-state index is 0.742. The second kappa shape index (κ2) is 8.70. The van der Waals surface area contributed by atoms with Gasteiger partial charge in [-0.15, -0.1) is 11.8 Å². The van der Waals surface area contributed by atoms with E-state index in [1.165, 1.54) is 0 Å². The van der Waals surface area contributed by atoms with Gasteiger partial charge < -0.3 is 9.47 Å². The minimum Gasteiger partial charge on any atom is -0.496 e. The summed E-state index contributed by atoms with van der Waals surface area (Å²) in [6.07, 6.45) is 3.71. The molecule has 0 bridgehead atoms. The molecule has 0 aliphatic carbocycles. The Morgan fingerprint density at radius 1 is 1.29 bits per heavy atom. The van der Waals surface area contributed by atoms with Crippen molar-refractivity contribution in [2.45, 2.75) is 10.8 Å². The molecule has 1 saturated heterocycles. The SMILES string of the molecule is COc1ccc(C=NN2CCOCC2)cc1CSc1ccccn1. The molecule has 0 unspecified atom stereocenters. The van der Waals surface area contributed by atoms with Crippen LogP contribution in [0.1, 0.15) is 11.1 Å². The summed E-state index contributed by atoms with van der Waals surface area (Å²) < 4.78 is 10.8. The van der Waals surface area contributed by atoms with Crippen molar-refractivity contribution in [2.75, 3.05) is 33.4 Å². The first kappa shape index (κ1) is 16.8. The number of benzene rings is 1. The number of thioether (sulfide) groups is 1. The molecule has 0 amide bonds. The zero-order valence-electron chi connectivity index (χ0n) is 13.7. The summed E-state index contributed by atoms with van der Waals surface area (Å²) >= 11 is 1.70. The van der Waals surface area contributed by atoms with Gasteiger partial charge in [-0.2, -0.15) is 5.10 Å². The number of nitrogens with zero attached hydrogens (tertiary/aromatic N) is 3. The van der Waals surface area contributed by atoms with Crippen LogP contribution < -0.4 is 4.74 Å².